The fourth-order valence-electron chi connectivity index (χ4n) is 6.23. The van der Waals surface area contributed by atoms with E-state index >= 15 is 0 Å². The van der Waals surface area contributed by atoms with E-state index in [1.165, 1.54) is 0 Å². The number of hydrogen-bond acceptors (Lipinski definition) is 7. The molecule has 12 heteroatoms. The molecule has 0 saturated carbocycles. The van der Waals surface area contributed by atoms with Crippen LogP contribution in [0.1, 0.15) is 49.0 Å². The molecular formula is C40H41N8O3P. The predicted molar refractivity (Wildman–Crippen MR) is 208 cm³/mol. The van der Waals surface area contributed by atoms with Crippen LogP contribution in [0.25, 0.3) is 27.4 Å². The maximum Gasteiger partial charge on any atom is 0.324 e. The van der Waals surface area contributed by atoms with Crippen molar-refractivity contribution in [3.8, 4) is 17.3 Å². The van der Waals surface area contributed by atoms with Gasteiger partial charge in [-0.15, -0.1) is 0 Å². The van der Waals surface area contributed by atoms with Crippen LogP contribution in [0, 0.1) is 6.92 Å². The lowest BCUT2D eigenvalue weighted by Gasteiger charge is -2.15. The molecule has 2 amide bonds. The molecule has 0 saturated heterocycles. The zero-order valence-corrected chi connectivity index (χ0v) is 31.0. The maximum absolute atomic E-state index is 13.6. The van der Waals surface area contributed by atoms with Gasteiger partial charge >= 0.3 is 6.03 Å². The van der Waals surface area contributed by atoms with Gasteiger partial charge in [0, 0.05) is 52.5 Å². The molecule has 7 aromatic rings. The molecule has 0 atom stereocenters. The first-order valence-electron chi connectivity index (χ1n) is 17.1. The standard InChI is InChI=1S/C40H41N8O3P/c1-25-18-27(19-28-23-42-46-38(25)28)21-35-41-17-16-37(44-35)51-33-15-14-32(30-12-7-8-13-31(30)33)43-39(49)45-36-22-34(40(2,3)4)47-48(36)29-11-9-10-26(20-29)24-52(5,6)50/h7-20,22-23H,21,24H2,1-6H3,(H,42,46)(H2,43,45,49). The summed E-state index contributed by atoms with van der Waals surface area (Å²) in [6.45, 7) is 11.8. The highest BCUT2D eigenvalue weighted by Crippen LogP contribution is 2.41. The molecule has 0 spiro atoms. The van der Waals surface area contributed by atoms with Gasteiger partial charge in [-0.3, -0.25) is 10.4 Å². The third-order valence-electron chi connectivity index (χ3n) is 8.63. The number of carbonyl (C=O) groups excluding carboxylic acids is 1. The van der Waals surface area contributed by atoms with Gasteiger partial charge in [-0.05, 0) is 67.3 Å². The minimum Gasteiger partial charge on any atom is -0.438 e. The van der Waals surface area contributed by atoms with Crippen LogP contribution in [-0.2, 0) is 22.6 Å². The molecule has 0 aliphatic rings. The van der Waals surface area contributed by atoms with Gasteiger partial charge in [-0.25, -0.2) is 14.5 Å². The van der Waals surface area contributed by atoms with Gasteiger partial charge in [0.25, 0.3) is 0 Å². The molecule has 3 N–H and O–H groups in total. The number of amides is 2. The fraction of sp³-hybridized carbons (Fsp3) is 0.225. The van der Waals surface area contributed by atoms with Crippen molar-refractivity contribution in [2.24, 2.45) is 0 Å². The van der Waals surface area contributed by atoms with E-state index in [0.717, 1.165) is 49.7 Å². The van der Waals surface area contributed by atoms with E-state index in [9.17, 15) is 9.36 Å². The largest absolute Gasteiger partial charge is 0.438 e. The SMILES string of the molecule is Cc1cc(Cc2nccc(Oc3ccc(NC(=O)Nc4cc(C(C)(C)C)nn4-c4cccc(CP(C)(C)=O)c4)c4ccccc34)n2)cc2cn[nH]c12. The number of carbonyl (C=O) groups is 1. The molecule has 11 nitrogen and oxygen atoms in total. The normalized spacial score (nSPS) is 12.0. The number of urea groups is 1. The highest BCUT2D eigenvalue weighted by molar-refractivity contribution is 7.61. The second-order valence-corrected chi connectivity index (χ2v) is 18.0. The number of H-pyrrole nitrogens is 1. The Morgan fingerprint density at radius 1 is 0.923 bits per heavy atom. The average molecular weight is 713 g/mol. The monoisotopic (exact) mass is 712 g/mol. The van der Waals surface area contributed by atoms with E-state index in [0.29, 0.717) is 41.5 Å². The Hall–Kier alpha value is -5.80. The fourth-order valence-corrected chi connectivity index (χ4v) is 7.31. The summed E-state index contributed by atoms with van der Waals surface area (Å²) < 4.78 is 20.6. The summed E-state index contributed by atoms with van der Waals surface area (Å²) >= 11 is 0. The van der Waals surface area contributed by atoms with Crippen molar-refractivity contribution in [2.75, 3.05) is 24.0 Å². The average Bonchev–Trinajstić information content (AvgIpc) is 3.74. The van der Waals surface area contributed by atoms with Crippen molar-refractivity contribution in [3.63, 3.8) is 0 Å². The van der Waals surface area contributed by atoms with Crippen LogP contribution in [0.4, 0.5) is 16.3 Å². The summed E-state index contributed by atoms with van der Waals surface area (Å²) in [5.41, 5.74) is 6.10. The van der Waals surface area contributed by atoms with Gasteiger partial charge < -0.3 is 14.6 Å². The van der Waals surface area contributed by atoms with Crippen molar-refractivity contribution >= 4 is 46.4 Å². The van der Waals surface area contributed by atoms with Crippen molar-refractivity contribution in [1.29, 1.82) is 0 Å². The summed E-state index contributed by atoms with van der Waals surface area (Å²) in [5.74, 6) is 2.16. The molecule has 0 bridgehead atoms. The van der Waals surface area contributed by atoms with E-state index in [2.05, 4.69) is 65.6 Å². The molecule has 264 valence electrons. The van der Waals surface area contributed by atoms with E-state index < -0.39 is 13.2 Å². The van der Waals surface area contributed by atoms with E-state index in [4.69, 9.17) is 14.8 Å². The number of fused-ring (bicyclic) bond motifs is 2. The Bertz CT molecular complexity index is 2490. The first kappa shape index (κ1) is 34.6. The number of rotatable bonds is 9. The van der Waals surface area contributed by atoms with Gasteiger partial charge in [-0.1, -0.05) is 63.2 Å². The third-order valence-corrected chi connectivity index (χ3v) is 9.76. The van der Waals surface area contributed by atoms with Crippen LogP contribution < -0.4 is 15.4 Å². The summed E-state index contributed by atoms with van der Waals surface area (Å²) in [4.78, 5) is 22.8. The number of benzene rings is 4. The lowest BCUT2D eigenvalue weighted by Crippen LogP contribution is -2.21. The second-order valence-electron chi connectivity index (χ2n) is 14.6. The Morgan fingerprint density at radius 3 is 2.52 bits per heavy atom. The van der Waals surface area contributed by atoms with E-state index in [1.54, 1.807) is 30.3 Å². The molecule has 3 heterocycles. The lowest BCUT2D eigenvalue weighted by molar-refractivity contribution is 0.262. The van der Waals surface area contributed by atoms with Crippen LogP contribution in [-0.4, -0.2) is 49.3 Å². The zero-order valence-electron chi connectivity index (χ0n) is 30.1. The Morgan fingerprint density at radius 2 is 1.73 bits per heavy atom. The number of ether oxygens (including phenoxy) is 1. The van der Waals surface area contributed by atoms with Crippen molar-refractivity contribution in [3.05, 3.63) is 126 Å². The van der Waals surface area contributed by atoms with Gasteiger partial charge in [0.2, 0.25) is 5.88 Å². The van der Waals surface area contributed by atoms with Crippen LogP contribution in [0.15, 0.2) is 97.3 Å². The predicted octanol–water partition coefficient (Wildman–Crippen LogP) is 9.45. The molecular weight excluding hydrogens is 671 g/mol. The number of nitrogens with one attached hydrogen (secondary N) is 3. The molecule has 4 aromatic carbocycles. The van der Waals surface area contributed by atoms with E-state index in [1.807, 2.05) is 72.9 Å². The van der Waals surface area contributed by atoms with Gasteiger partial charge in [0.1, 0.15) is 17.4 Å². The zero-order chi connectivity index (χ0) is 36.6. The number of aryl methyl sites for hydroxylation is 1. The van der Waals surface area contributed by atoms with Gasteiger partial charge in [0.05, 0.1) is 35.9 Å². The van der Waals surface area contributed by atoms with Crippen LogP contribution in [0.3, 0.4) is 0 Å². The first-order chi connectivity index (χ1) is 24.8. The van der Waals surface area contributed by atoms with Gasteiger partial charge in [0.15, 0.2) is 0 Å². The molecule has 7 rings (SSSR count). The number of hydrogen-bond donors (Lipinski definition) is 3. The first-order valence-corrected chi connectivity index (χ1v) is 19.8. The van der Waals surface area contributed by atoms with Gasteiger partial charge in [-0.2, -0.15) is 15.2 Å². The Kier molecular flexibility index (Phi) is 9.15. The number of aromatic amines is 1. The number of nitrogens with zero attached hydrogens (tertiary/aromatic N) is 5. The second kappa shape index (κ2) is 13.7. The summed E-state index contributed by atoms with van der Waals surface area (Å²) in [5, 5.41) is 20.8. The van der Waals surface area contributed by atoms with E-state index in [-0.39, 0.29) is 5.41 Å². The number of aromatic nitrogens is 6. The van der Waals surface area contributed by atoms with Crippen molar-refractivity contribution < 1.29 is 14.1 Å². The quantitative estimate of drug-likeness (QED) is 0.127. The Balaban J connectivity index is 1.12. The minimum atomic E-state index is -2.29. The van der Waals surface area contributed by atoms with Crippen LogP contribution >= 0.6 is 7.14 Å². The molecule has 0 aliphatic heterocycles. The molecule has 0 fully saturated rings. The lowest BCUT2D eigenvalue weighted by atomic mass is 9.92. The summed E-state index contributed by atoms with van der Waals surface area (Å²) in [6, 6.07) is 26.5. The van der Waals surface area contributed by atoms with Crippen molar-refractivity contribution in [2.45, 2.75) is 45.7 Å². The number of anilines is 2. The Labute approximate surface area is 302 Å². The molecule has 52 heavy (non-hydrogen) atoms. The van der Waals surface area contributed by atoms with Crippen LogP contribution in [0.5, 0.6) is 11.6 Å². The molecule has 0 radical (unpaired) electrons. The molecule has 0 unspecified atom stereocenters. The van der Waals surface area contributed by atoms with Crippen molar-refractivity contribution in [1.82, 2.24) is 29.9 Å². The molecule has 0 aliphatic carbocycles. The molecule has 3 aromatic heterocycles. The summed E-state index contributed by atoms with van der Waals surface area (Å²) in [6.07, 6.45) is 4.53. The highest BCUT2D eigenvalue weighted by atomic mass is 31.2. The topological polar surface area (TPSA) is 140 Å². The van der Waals surface area contributed by atoms with Crippen LogP contribution in [0.2, 0.25) is 0 Å². The minimum absolute atomic E-state index is 0.262. The smallest absolute Gasteiger partial charge is 0.324 e. The highest BCUT2D eigenvalue weighted by Gasteiger charge is 2.22. The third kappa shape index (κ3) is 7.75. The maximum atomic E-state index is 13.6. The summed E-state index contributed by atoms with van der Waals surface area (Å²) in [7, 11) is -2.29.